The lowest BCUT2D eigenvalue weighted by atomic mass is 9.95. The predicted molar refractivity (Wildman–Crippen MR) is 151 cm³/mol. The Balaban J connectivity index is 1.04. The summed E-state index contributed by atoms with van der Waals surface area (Å²) in [7, 11) is 1.66. The summed E-state index contributed by atoms with van der Waals surface area (Å²) in [5.41, 5.74) is 1.95. The van der Waals surface area contributed by atoms with Crippen molar-refractivity contribution >= 4 is 23.6 Å². The number of hydrogen-bond donors (Lipinski definition) is 2. The van der Waals surface area contributed by atoms with E-state index in [1.54, 1.807) is 13.2 Å². The molecule has 2 saturated heterocycles. The number of hydrogen-bond acceptors (Lipinski definition) is 8. The first-order valence-electron chi connectivity index (χ1n) is 14.4. The number of aromatic nitrogens is 2. The zero-order valence-electron chi connectivity index (χ0n) is 23.3. The van der Waals surface area contributed by atoms with Crippen LogP contribution in [-0.2, 0) is 11.2 Å². The number of anilines is 2. The molecule has 2 aliphatic carbocycles. The highest BCUT2D eigenvalue weighted by molar-refractivity contribution is 5.91. The molecule has 2 atom stereocenters. The molecular formula is C30H34N6O5. The average molecular weight is 559 g/mol. The van der Waals surface area contributed by atoms with Crippen molar-refractivity contribution in [3.63, 3.8) is 0 Å². The molecule has 0 bridgehead atoms. The van der Waals surface area contributed by atoms with Gasteiger partial charge in [-0.15, -0.1) is 0 Å². The van der Waals surface area contributed by atoms with E-state index in [4.69, 9.17) is 24.2 Å². The molecule has 4 heterocycles. The van der Waals surface area contributed by atoms with E-state index in [-0.39, 0.29) is 24.0 Å². The number of carbonyl (C=O) groups is 2. The van der Waals surface area contributed by atoms with Crippen molar-refractivity contribution < 1.29 is 23.8 Å². The molecule has 1 aromatic carbocycles. The van der Waals surface area contributed by atoms with Crippen molar-refractivity contribution in [2.75, 3.05) is 37.0 Å². The number of alkyl carbamates (subject to hydrolysis) is 1. The average Bonchev–Trinajstić information content (AvgIpc) is 3.77. The third-order valence-corrected chi connectivity index (χ3v) is 8.57. The number of urea groups is 1. The Morgan fingerprint density at radius 3 is 2.66 bits per heavy atom. The Bertz CT molecular complexity index is 1440. The number of nitrogens with one attached hydrogen (secondary N) is 2. The number of benzene rings is 1. The SMILES string of the molecule is COc1ccc2c(c1)CCN(C1CCN(c3cc(OC4=CC(C)C5NC(=O)OC5=C4)nc(C4CC4)n3)CC1)C(=O)N2. The molecule has 11 nitrogen and oxygen atoms in total. The lowest BCUT2D eigenvalue weighted by Crippen LogP contribution is -2.49. The molecule has 0 radical (unpaired) electrons. The molecule has 11 heteroatoms. The first kappa shape index (κ1) is 25.7. The molecule has 3 fully saturated rings. The Morgan fingerprint density at radius 1 is 1.05 bits per heavy atom. The molecule has 3 amide bonds. The number of nitrogens with zero attached hydrogens (tertiary/aromatic N) is 4. The molecule has 2 aromatic rings. The first-order valence-corrected chi connectivity index (χ1v) is 14.4. The number of amides is 3. The van der Waals surface area contributed by atoms with E-state index in [0.717, 1.165) is 73.8 Å². The van der Waals surface area contributed by atoms with Crippen LogP contribution in [0.3, 0.4) is 0 Å². The summed E-state index contributed by atoms with van der Waals surface area (Å²) in [6.45, 7) is 4.25. The van der Waals surface area contributed by atoms with Gasteiger partial charge in [-0.25, -0.2) is 14.6 Å². The second kappa shape index (κ2) is 10.3. The van der Waals surface area contributed by atoms with Gasteiger partial charge in [0, 0.05) is 55.3 Å². The van der Waals surface area contributed by atoms with E-state index in [1.165, 1.54) is 0 Å². The van der Waals surface area contributed by atoms with Gasteiger partial charge in [0.15, 0.2) is 0 Å². The normalized spacial score (nSPS) is 24.2. The zero-order chi connectivity index (χ0) is 28.1. The number of carbonyl (C=O) groups excluding carboxylic acids is 2. The van der Waals surface area contributed by atoms with Crippen molar-refractivity contribution in [2.45, 2.75) is 57.0 Å². The smallest absolute Gasteiger partial charge is 0.412 e. The first-order chi connectivity index (χ1) is 19.9. The van der Waals surface area contributed by atoms with Crippen LogP contribution < -0.4 is 25.0 Å². The summed E-state index contributed by atoms with van der Waals surface area (Å²) < 4.78 is 16.9. The molecule has 2 N–H and O–H groups in total. The van der Waals surface area contributed by atoms with Crippen LogP contribution in [-0.4, -0.2) is 65.8 Å². The van der Waals surface area contributed by atoms with E-state index in [0.29, 0.717) is 29.9 Å². The van der Waals surface area contributed by atoms with Gasteiger partial charge in [0.25, 0.3) is 0 Å². The predicted octanol–water partition coefficient (Wildman–Crippen LogP) is 4.33. The van der Waals surface area contributed by atoms with E-state index in [1.807, 2.05) is 42.2 Å². The fourth-order valence-corrected chi connectivity index (χ4v) is 6.11. The monoisotopic (exact) mass is 558 g/mol. The van der Waals surface area contributed by atoms with Crippen LogP contribution in [0.15, 0.2) is 47.9 Å². The molecule has 5 aliphatic rings. The maximum atomic E-state index is 13.1. The van der Waals surface area contributed by atoms with Crippen LogP contribution in [0.1, 0.15) is 49.9 Å². The summed E-state index contributed by atoms with van der Waals surface area (Å²) >= 11 is 0. The van der Waals surface area contributed by atoms with Crippen LogP contribution in [0.2, 0.25) is 0 Å². The van der Waals surface area contributed by atoms with Gasteiger partial charge >= 0.3 is 12.1 Å². The summed E-state index contributed by atoms with van der Waals surface area (Å²) in [5, 5.41) is 5.92. The fourth-order valence-electron chi connectivity index (χ4n) is 6.11. The lowest BCUT2D eigenvalue weighted by molar-refractivity contribution is 0.177. The van der Waals surface area contributed by atoms with Gasteiger partial charge < -0.3 is 34.6 Å². The summed E-state index contributed by atoms with van der Waals surface area (Å²) in [6, 6.07) is 7.63. The van der Waals surface area contributed by atoms with Gasteiger partial charge in [0.1, 0.15) is 28.9 Å². The minimum absolute atomic E-state index is 0.0331. The molecule has 2 unspecified atom stereocenters. The molecule has 41 heavy (non-hydrogen) atoms. The van der Waals surface area contributed by atoms with Crippen molar-refractivity contribution in [1.29, 1.82) is 0 Å². The minimum atomic E-state index is -0.436. The van der Waals surface area contributed by atoms with Gasteiger partial charge in [-0.1, -0.05) is 6.92 Å². The lowest BCUT2D eigenvalue weighted by Gasteiger charge is -2.38. The van der Waals surface area contributed by atoms with Gasteiger partial charge in [-0.2, -0.15) is 4.98 Å². The second-order valence-corrected chi connectivity index (χ2v) is 11.4. The Morgan fingerprint density at radius 2 is 1.88 bits per heavy atom. The van der Waals surface area contributed by atoms with Crippen LogP contribution in [0.4, 0.5) is 21.1 Å². The zero-order valence-corrected chi connectivity index (χ0v) is 23.3. The second-order valence-electron chi connectivity index (χ2n) is 11.4. The van der Waals surface area contributed by atoms with Gasteiger partial charge in [0.2, 0.25) is 5.88 Å². The van der Waals surface area contributed by atoms with E-state index in [9.17, 15) is 9.59 Å². The highest BCUT2D eigenvalue weighted by Crippen LogP contribution is 2.40. The highest BCUT2D eigenvalue weighted by atomic mass is 16.6. The quantitative estimate of drug-likeness (QED) is 0.538. The molecule has 214 valence electrons. The van der Waals surface area contributed by atoms with E-state index >= 15 is 0 Å². The van der Waals surface area contributed by atoms with Gasteiger partial charge in [-0.05, 0) is 61.9 Å². The largest absolute Gasteiger partial charge is 0.497 e. The van der Waals surface area contributed by atoms with Crippen LogP contribution in [0.25, 0.3) is 0 Å². The number of piperidine rings is 1. The Labute approximate surface area is 238 Å². The van der Waals surface area contributed by atoms with Crippen molar-refractivity contribution in [2.24, 2.45) is 5.92 Å². The summed E-state index contributed by atoms with van der Waals surface area (Å²) in [6.07, 6.45) is 7.94. The molecule has 1 saturated carbocycles. The standard InChI is InChI=1S/C30H34N6O5/c1-17-13-22(15-24-27(17)34-30(38)41-24)40-26-16-25(32-28(33-26)18-3-4-18)35-10-8-20(9-11-35)36-12-7-19-14-21(39-2)5-6-23(19)31-29(36)37/h5-6,13-18,20,27H,3-4,7-12H2,1-2H3,(H,31,37)(H,34,38). The molecular weight excluding hydrogens is 524 g/mol. The van der Waals surface area contributed by atoms with Crippen LogP contribution in [0, 0.1) is 5.92 Å². The van der Waals surface area contributed by atoms with Gasteiger partial charge in [0.05, 0.1) is 13.2 Å². The van der Waals surface area contributed by atoms with E-state index in [2.05, 4.69) is 15.5 Å². The van der Waals surface area contributed by atoms with Crippen LogP contribution >= 0.6 is 0 Å². The Kier molecular flexibility index (Phi) is 6.44. The summed E-state index contributed by atoms with van der Waals surface area (Å²) in [5.74, 6) is 4.51. The minimum Gasteiger partial charge on any atom is -0.497 e. The topological polar surface area (TPSA) is 118 Å². The number of ether oxygens (including phenoxy) is 3. The molecule has 1 aromatic heterocycles. The highest BCUT2D eigenvalue weighted by Gasteiger charge is 2.36. The number of allylic oxidation sites excluding steroid dienone is 1. The third-order valence-electron chi connectivity index (χ3n) is 8.57. The van der Waals surface area contributed by atoms with Gasteiger partial charge in [-0.3, -0.25) is 0 Å². The summed E-state index contributed by atoms with van der Waals surface area (Å²) in [4.78, 5) is 38.7. The maximum absolute atomic E-state index is 13.1. The number of methoxy groups -OCH3 is 1. The van der Waals surface area contributed by atoms with Crippen molar-refractivity contribution in [3.05, 3.63) is 59.3 Å². The van der Waals surface area contributed by atoms with Crippen molar-refractivity contribution in [3.8, 4) is 11.6 Å². The molecule has 7 rings (SSSR count). The number of rotatable bonds is 6. The molecule has 3 aliphatic heterocycles. The van der Waals surface area contributed by atoms with Crippen LogP contribution in [0.5, 0.6) is 11.6 Å². The third kappa shape index (κ3) is 5.16. The number of fused-ring (bicyclic) bond motifs is 2. The van der Waals surface area contributed by atoms with Crippen molar-refractivity contribution in [1.82, 2.24) is 20.2 Å². The fraction of sp³-hybridized carbons (Fsp3) is 0.467. The maximum Gasteiger partial charge on any atom is 0.412 e. The Hall–Kier alpha value is -4.28. The van der Waals surface area contributed by atoms with E-state index < -0.39 is 6.09 Å². The molecule has 0 spiro atoms.